The lowest BCUT2D eigenvalue weighted by molar-refractivity contribution is -0.135. The van der Waals surface area contributed by atoms with Gasteiger partial charge in [-0.15, -0.1) is 0 Å². The summed E-state index contributed by atoms with van der Waals surface area (Å²) in [6.07, 6.45) is 3.11. The van der Waals surface area contributed by atoms with E-state index in [1.807, 2.05) is 39.8 Å². The summed E-state index contributed by atoms with van der Waals surface area (Å²) in [5, 5.41) is 10.9. The molecule has 5 N–H and O–H groups in total. The lowest BCUT2D eigenvalue weighted by Gasteiger charge is -2.32. The molecule has 5 aromatic rings. The van der Waals surface area contributed by atoms with Crippen LogP contribution in [0.25, 0.3) is 44.4 Å². The van der Waals surface area contributed by atoms with Crippen LogP contribution >= 0.6 is 0 Å². The second-order valence-corrected chi connectivity index (χ2v) is 16.4. The monoisotopic (exact) mass is 812 g/mol. The summed E-state index contributed by atoms with van der Waals surface area (Å²) in [7, 11) is 2.55. The van der Waals surface area contributed by atoms with E-state index in [0.29, 0.717) is 37.6 Å². The van der Waals surface area contributed by atoms with Crippen molar-refractivity contribution in [3.63, 3.8) is 0 Å². The highest BCUT2D eigenvalue weighted by molar-refractivity contribution is 5.96. The van der Waals surface area contributed by atoms with Gasteiger partial charge in [-0.05, 0) is 57.9 Å². The fraction of sp³-hybridized carbons (Fsp3) is 0.348. The van der Waals surface area contributed by atoms with E-state index >= 15 is 0 Å². The first-order valence-electron chi connectivity index (χ1n) is 20.1. The standard InChI is InChI=1S/C46H52N8O6/c1-25(2)38(52-44(57)59-7)40(55)46(20-28(6)21-49-46)43-48-23-35(51-43)30-11-9-29(10-12-30)31-13-14-33-19-34(16-15-32(33)18-31)36-22-47-41(50-36)37-17-27(5)24-54(37)42(56)39(26(3)4)53-45(58)60-8/h9-16,18-19,22-23,25-26,37-39,49H,5-6,17,20-21,24H2,1-4,7-8H3,(H,47,50)(H,48,51)(H,52,57)(H,53,58)/t37-,38-,39-,46+/m0/s1. The van der Waals surface area contributed by atoms with Gasteiger partial charge in [0.15, 0.2) is 5.78 Å². The number of amides is 3. The highest BCUT2D eigenvalue weighted by atomic mass is 16.5. The van der Waals surface area contributed by atoms with Gasteiger partial charge in [-0.1, -0.05) is 101 Å². The van der Waals surface area contributed by atoms with Crippen molar-refractivity contribution in [1.29, 1.82) is 0 Å². The summed E-state index contributed by atoms with van der Waals surface area (Å²) in [5.74, 6) is 0.369. The highest BCUT2D eigenvalue weighted by Crippen LogP contribution is 2.38. The smallest absolute Gasteiger partial charge is 0.407 e. The van der Waals surface area contributed by atoms with E-state index in [1.54, 1.807) is 17.3 Å². The average molecular weight is 813 g/mol. The van der Waals surface area contributed by atoms with Crippen molar-refractivity contribution in [3.05, 3.63) is 109 Å². The maximum absolute atomic E-state index is 14.1. The Morgan fingerprint density at radius 2 is 1.32 bits per heavy atom. The number of hydrogen-bond acceptors (Lipinski definition) is 9. The van der Waals surface area contributed by atoms with Gasteiger partial charge in [0.25, 0.3) is 0 Å². The molecule has 7 rings (SSSR count). The molecule has 2 aromatic heterocycles. The lowest BCUT2D eigenvalue weighted by atomic mass is 9.82. The van der Waals surface area contributed by atoms with Crippen LogP contribution in [0.3, 0.4) is 0 Å². The van der Waals surface area contributed by atoms with Crippen LogP contribution in [-0.2, 0) is 24.6 Å². The zero-order valence-corrected chi connectivity index (χ0v) is 34.8. The minimum atomic E-state index is -1.17. The number of benzene rings is 3. The van der Waals surface area contributed by atoms with Gasteiger partial charge in [0, 0.05) is 25.1 Å². The number of aromatic nitrogens is 4. The van der Waals surface area contributed by atoms with Crippen molar-refractivity contribution in [2.45, 2.75) is 64.2 Å². The summed E-state index contributed by atoms with van der Waals surface area (Å²) in [6, 6.07) is 18.9. The molecule has 4 heterocycles. The van der Waals surface area contributed by atoms with Gasteiger partial charge in [0.2, 0.25) is 5.91 Å². The predicted octanol–water partition coefficient (Wildman–Crippen LogP) is 7.19. The Morgan fingerprint density at radius 1 is 0.750 bits per heavy atom. The van der Waals surface area contributed by atoms with Crippen molar-refractivity contribution in [1.82, 2.24) is 40.8 Å². The van der Waals surface area contributed by atoms with Crippen LogP contribution in [0.15, 0.2) is 97.4 Å². The van der Waals surface area contributed by atoms with Crippen LogP contribution in [0, 0.1) is 11.8 Å². The number of methoxy groups -OCH3 is 2. The molecular formula is C46H52N8O6. The van der Waals surface area contributed by atoms with E-state index in [4.69, 9.17) is 14.5 Å². The molecule has 2 saturated heterocycles. The Hall–Kier alpha value is -6.54. The number of aromatic amines is 2. The van der Waals surface area contributed by atoms with Crippen LogP contribution in [-0.4, -0.2) is 88.1 Å². The van der Waals surface area contributed by atoms with Crippen LogP contribution in [0.1, 0.15) is 58.2 Å². The second kappa shape index (κ2) is 17.0. The molecule has 0 saturated carbocycles. The number of ether oxygens (including phenoxy) is 2. The Balaban J connectivity index is 1.07. The first-order valence-corrected chi connectivity index (χ1v) is 20.1. The quantitative estimate of drug-likeness (QED) is 0.0814. The van der Waals surface area contributed by atoms with Crippen LogP contribution < -0.4 is 16.0 Å². The molecule has 2 fully saturated rings. The van der Waals surface area contributed by atoms with E-state index in [0.717, 1.165) is 55.6 Å². The molecule has 60 heavy (non-hydrogen) atoms. The molecule has 14 nitrogen and oxygen atoms in total. The number of Topliss-reactive ketones (excluding diaryl/α,β-unsaturated/α-hetero) is 1. The Bertz CT molecular complexity index is 2470. The first-order chi connectivity index (χ1) is 28.7. The number of carbonyl (C=O) groups excluding carboxylic acids is 4. The summed E-state index contributed by atoms with van der Waals surface area (Å²) in [6.45, 7) is 16.6. The number of carbonyl (C=O) groups is 4. The molecule has 0 aliphatic carbocycles. The van der Waals surface area contributed by atoms with Crippen molar-refractivity contribution < 1.29 is 28.7 Å². The fourth-order valence-electron chi connectivity index (χ4n) is 8.15. The molecule has 14 heteroatoms. The predicted molar refractivity (Wildman–Crippen MR) is 230 cm³/mol. The molecule has 0 radical (unpaired) electrons. The van der Waals surface area contributed by atoms with Gasteiger partial charge < -0.3 is 35.0 Å². The van der Waals surface area contributed by atoms with Crippen LogP contribution in [0.4, 0.5) is 9.59 Å². The van der Waals surface area contributed by atoms with Gasteiger partial charge >= 0.3 is 12.2 Å². The van der Waals surface area contributed by atoms with E-state index in [2.05, 4.69) is 92.6 Å². The fourth-order valence-corrected chi connectivity index (χ4v) is 8.15. The summed E-state index contributed by atoms with van der Waals surface area (Å²) in [5.41, 5.74) is 6.14. The number of likely N-dealkylation sites (tertiary alicyclic amines) is 1. The number of nitrogens with one attached hydrogen (secondary N) is 5. The molecule has 3 aromatic carbocycles. The number of alkyl carbamates (subject to hydrolysis) is 2. The van der Waals surface area contributed by atoms with Gasteiger partial charge in [0.05, 0.1) is 50.1 Å². The zero-order chi connectivity index (χ0) is 42.9. The van der Waals surface area contributed by atoms with Gasteiger partial charge in [-0.2, -0.15) is 0 Å². The van der Waals surface area contributed by atoms with E-state index in [1.165, 1.54) is 14.2 Å². The van der Waals surface area contributed by atoms with Crippen LogP contribution in [0.2, 0.25) is 0 Å². The average Bonchev–Trinajstić information content (AvgIpc) is 4.08. The number of rotatable bonds is 12. The van der Waals surface area contributed by atoms with Gasteiger partial charge in [0.1, 0.15) is 23.2 Å². The number of fused-ring (bicyclic) bond motifs is 1. The zero-order valence-electron chi connectivity index (χ0n) is 34.8. The maximum atomic E-state index is 14.1. The number of H-pyrrole nitrogens is 2. The summed E-state index contributed by atoms with van der Waals surface area (Å²) in [4.78, 5) is 70.0. The summed E-state index contributed by atoms with van der Waals surface area (Å²) >= 11 is 0. The maximum Gasteiger partial charge on any atom is 0.407 e. The molecule has 312 valence electrons. The molecule has 2 aliphatic heterocycles. The van der Waals surface area contributed by atoms with E-state index in [-0.39, 0.29) is 29.6 Å². The van der Waals surface area contributed by atoms with E-state index < -0.39 is 29.8 Å². The van der Waals surface area contributed by atoms with E-state index in [9.17, 15) is 19.2 Å². The molecule has 3 amide bonds. The number of imidazole rings is 2. The molecular weight excluding hydrogens is 761 g/mol. The summed E-state index contributed by atoms with van der Waals surface area (Å²) < 4.78 is 9.58. The number of ketones is 1. The molecule has 4 atom stereocenters. The molecule has 0 spiro atoms. The number of hydrogen-bond donors (Lipinski definition) is 5. The van der Waals surface area contributed by atoms with Crippen molar-refractivity contribution >= 4 is 34.6 Å². The molecule has 2 aliphatic rings. The molecule has 0 unspecified atom stereocenters. The number of nitrogens with zero attached hydrogens (tertiary/aromatic N) is 3. The molecule has 0 bridgehead atoms. The third-order valence-corrected chi connectivity index (χ3v) is 11.5. The van der Waals surface area contributed by atoms with Crippen LogP contribution in [0.5, 0.6) is 0 Å². The topological polar surface area (TPSA) is 183 Å². The lowest BCUT2D eigenvalue weighted by Crippen LogP contribution is -2.57. The Labute approximate surface area is 349 Å². The van der Waals surface area contributed by atoms with Crippen molar-refractivity contribution in [3.8, 4) is 33.6 Å². The highest BCUT2D eigenvalue weighted by Gasteiger charge is 2.50. The van der Waals surface area contributed by atoms with Crippen molar-refractivity contribution in [2.24, 2.45) is 11.8 Å². The Morgan fingerprint density at radius 3 is 1.93 bits per heavy atom. The SMILES string of the molecule is C=C1C[C@@H](c2ncc(-c3ccc4cc(-c5ccc(-c6cnc([C@]7(C(=O)[C@@H](NC(=O)OC)C(C)C)CC(=C)CN7)[nH]6)cc5)ccc4c3)[nH]2)N(C(=O)[C@@H](NC(=O)OC)C(C)C)C1. The second-order valence-electron chi connectivity index (χ2n) is 16.4. The minimum Gasteiger partial charge on any atom is -0.453 e. The van der Waals surface area contributed by atoms with Gasteiger partial charge in [-0.3, -0.25) is 14.9 Å². The largest absolute Gasteiger partial charge is 0.453 e. The third-order valence-electron chi connectivity index (χ3n) is 11.5. The van der Waals surface area contributed by atoms with Gasteiger partial charge in [-0.25, -0.2) is 19.6 Å². The first kappa shape index (κ1) is 41.6. The minimum absolute atomic E-state index is 0.149. The Kier molecular flexibility index (Phi) is 11.8. The third kappa shape index (κ3) is 8.19. The normalized spacial score (nSPS) is 18.9. The van der Waals surface area contributed by atoms with Crippen molar-refractivity contribution in [2.75, 3.05) is 27.3 Å².